The Labute approximate surface area is 129 Å². The molecule has 0 unspecified atom stereocenters. The summed E-state index contributed by atoms with van der Waals surface area (Å²) in [5.74, 6) is 0.254. The third-order valence-electron chi connectivity index (χ3n) is 3.72. The van der Waals surface area contributed by atoms with Crippen LogP contribution in [-0.4, -0.2) is 27.4 Å². The molecule has 22 heavy (non-hydrogen) atoms. The van der Waals surface area contributed by atoms with E-state index in [2.05, 4.69) is 27.4 Å². The molecule has 0 radical (unpaired) electrons. The minimum absolute atomic E-state index is 0.0652. The number of nitrogen functional groups attached to an aromatic ring is 1. The van der Waals surface area contributed by atoms with Gasteiger partial charge in [0.1, 0.15) is 0 Å². The van der Waals surface area contributed by atoms with E-state index in [1.165, 1.54) is 5.56 Å². The number of hydrogen-bond donors (Lipinski definition) is 2. The second-order valence-corrected chi connectivity index (χ2v) is 5.38. The van der Waals surface area contributed by atoms with E-state index in [0.29, 0.717) is 19.6 Å². The predicted octanol–water partition coefficient (Wildman–Crippen LogP) is 1.72. The van der Waals surface area contributed by atoms with Gasteiger partial charge in [-0.2, -0.15) is 0 Å². The van der Waals surface area contributed by atoms with Crippen LogP contribution < -0.4 is 11.1 Å². The summed E-state index contributed by atoms with van der Waals surface area (Å²) in [5, 5.41) is 2.95. The van der Waals surface area contributed by atoms with Gasteiger partial charge < -0.3 is 16.0 Å². The molecule has 0 bridgehead atoms. The fourth-order valence-electron chi connectivity index (χ4n) is 2.56. The highest BCUT2D eigenvalue weighted by Crippen LogP contribution is 2.20. The fraction of sp³-hybridized carbons (Fsp3) is 0.312. The lowest BCUT2D eigenvalue weighted by molar-refractivity contribution is 0.198. The average molecular weight is 297 g/mol. The van der Waals surface area contributed by atoms with Crippen molar-refractivity contribution in [2.24, 2.45) is 0 Å². The molecule has 1 aliphatic rings. The number of aryl methyl sites for hydroxylation is 1. The summed E-state index contributed by atoms with van der Waals surface area (Å²) < 4.78 is 0. The lowest BCUT2D eigenvalue weighted by Gasteiger charge is -2.16. The van der Waals surface area contributed by atoms with Crippen LogP contribution in [0.15, 0.2) is 36.5 Å². The molecular weight excluding hydrogens is 278 g/mol. The smallest absolute Gasteiger partial charge is 0.318 e. The molecule has 0 aliphatic carbocycles. The van der Waals surface area contributed by atoms with Crippen LogP contribution in [0, 0.1) is 0 Å². The first-order valence-corrected chi connectivity index (χ1v) is 7.39. The molecule has 3 rings (SSSR count). The summed E-state index contributed by atoms with van der Waals surface area (Å²) in [6, 6.07) is 10.2. The molecule has 114 valence electrons. The SMILES string of the molecule is Nc1ncc2c(n1)CN(C(=O)NCCCc1ccccc1)C2. The van der Waals surface area contributed by atoms with Crippen LogP contribution in [0.1, 0.15) is 23.2 Å². The van der Waals surface area contributed by atoms with Crippen LogP contribution in [0.2, 0.25) is 0 Å². The topological polar surface area (TPSA) is 84.1 Å². The summed E-state index contributed by atoms with van der Waals surface area (Å²) in [7, 11) is 0. The zero-order chi connectivity index (χ0) is 15.4. The Hall–Kier alpha value is -2.63. The molecule has 1 aliphatic heterocycles. The minimum Gasteiger partial charge on any atom is -0.368 e. The Balaban J connectivity index is 1.44. The monoisotopic (exact) mass is 297 g/mol. The van der Waals surface area contributed by atoms with Gasteiger partial charge in [-0.05, 0) is 18.4 Å². The first-order valence-electron chi connectivity index (χ1n) is 7.39. The Bertz CT molecular complexity index is 659. The van der Waals surface area contributed by atoms with Gasteiger partial charge in [0.25, 0.3) is 0 Å². The lowest BCUT2D eigenvalue weighted by Crippen LogP contribution is -2.37. The Morgan fingerprint density at radius 2 is 2.09 bits per heavy atom. The van der Waals surface area contributed by atoms with Gasteiger partial charge in [0.2, 0.25) is 5.95 Å². The summed E-state index contributed by atoms with van der Waals surface area (Å²) in [6.07, 6.45) is 3.58. The standard InChI is InChI=1S/C16H19N5O/c17-15-19-9-13-10-21(11-14(13)20-15)16(22)18-8-4-7-12-5-2-1-3-6-12/h1-3,5-6,9H,4,7-8,10-11H2,(H,18,22)(H2,17,19,20). The number of benzene rings is 1. The molecule has 2 aromatic rings. The van der Waals surface area contributed by atoms with Crippen molar-refractivity contribution in [3.63, 3.8) is 0 Å². The van der Waals surface area contributed by atoms with Gasteiger partial charge in [-0.1, -0.05) is 30.3 Å². The number of urea groups is 1. The number of rotatable bonds is 4. The molecule has 3 N–H and O–H groups in total. The van der Waals surface area contributed by atoms with Crippen molar-refractivity contribution in [2.45, 2.75) is 25.9 Å². The van der Waals surface area contributed by atoms with Crippen LogP contribution >= 0.6 is 0 Å². The van der Waals surface area contributed by atoms with E-state index in [1.807, 2.05) is 18.2 Å². The fourth-order valence-corrected chi connectivity index (χ4v) is 2.56. The number of nitrogens with two attached hydrogens (primary N) is 1. The molecular formula is C16H19N5O. The molecule has 0 saturated carbocycles. The zero-order valence-electron chi connectivity index (χ0n) is 12.3. The van der Waals surface area contributed by atoms with E-state index in [-0.39, 0.29) is 12.0 Å². The molecule has 0 spiro atoms. The number of amides is 2. The van der Waals surface area contributed by atoms with Crippen LogP contribution in [0.25, 0.3) is 0 Å². The molecule has 0 saturated heterocycles. The van der Waals surface area contributed by atoms with E-state index in [9.17, 15) is 4.79 Å². The van der Waals surface area contributed by atoms with Gasteiger partial charge in [-0.3, -0.25) is 0 Å². The highest BCUT2D eigenvalue weighted by atomic mass is 16.2. The van der Waals surface area contributed by atoms with Gasteiger partial charge in [0.15, 0.2) is 0 Å². The summed E-state index contributed by atoms with van der Waals surface area (Å²) in [5.41, 5.74) is 8.66. The first-order chi connectivity index (χ1) is 10.7. The van der Waals surface area contributed by atoms with E-state index >= 15 is 0 Å². The van der Waals surface area contributed by atoms with Crippen molar-refractivity contribution in [3.05, 3.63) is 53.3 Å². The van der Waals surface area contributed by atoms with Crippen LogP contribution in [0.5, 0.6) is 0 Å². The van der Waals surface area contributed by atoms with Crippen LogP contribution in [0.3, 0.4) is 0 Å². The molecule has 2 amide bonds. The maximum absolute atomic E-state index is 12.1. The first kappa shape index (κ1) is 14.3. The predicted molar refractivity (Wildman–Crippen MR) is 83.9 cm³/mol. The van der Waals surface area contributed by atoms with Gasteiger partial charge in [-0.25, -0.2) is 14.8 Å². The lowest BCUT2D eigenvalue weighted by atomic mass is 10.1. The maximum atomic E-state index is 12.1. The third kappa shape index (κ3) is 3.33. The molecule has 6 nitrogen and oxygen atoms in total. The van der Waals surface area contributed by atoms with Crippen molar-refractivity contribution >= 4 is 12.0 Å². The van der Waals surface area contributed by atoms with E-state index in [0.717, 1.165) is 24.1 Å². The number of nitrogens with one attached hydrogen (secondary N) is 1. The normalized spacial score (nSPS) is 13.0. The molecule has 0 fully saturated rings. The second kappa shape index (κ2) is 6.43. The number of nitrogens with zero attached hydrogens (tertiary/aromatic N) is 3. The minimum atomic E-state index is -0.0652. The van der Waals surface area contributed by atoms with Crippen molar-refractivity contribution in [1.82, 2.24) is 20.2 Å². The zero-order valence-corrected chi connectivity index (χ0v) is 12.3. The van der Waals surface area contributed by atoms with Crippen molar-refractivity contribution in [2.75, 3.05) is 12.3 Å². The van der Waals surface area contributed by atoms with Crippen LogP contribution in [-0.2, 0) is 19.5 Å². The Morgan fingerprint density at radius 3 is 2.91 bits per heavy atom. The highest BCUT2D eigenvalue weighted by molar-refractivity contribution is 5.74. The average Bonchev–Trinajstić information content (AvgIpc) is 2.95. The van der Waals surface area contributed by atoms with Gasteiger partial charge >= 0.3 is 6.03 Å². The van der Waals surface area contributed by atoms with Crippen molar-refractivity contribution < 1.29 is 4.79 Å². The molecule has 6 heteroatoms. The number of aromatic nitrogens is 2. The summed E-state index contributed by atoms with van der Waals surface area (Å²) in [6.45, 7) is 1.70. The molecule has 0 atom stereocenters. The van der Waals surface area contributed by atoms with Gasteiger partial charge in [0, 0.05) is 18.3 Å². The highest BCUT2D eigenvalue weighted by Gasteiger charge is 2.24. The third-order valence-corrected chi connectivity index (χ3v) is 3.72. The van der Waals surface area contributed by atoms with Crippen molar-refractivity contribution in [3.8, 4) is 0 Å². The van der Waals surface area contributed by atoms with E-state index < -0.39 is 0 Å². The Morgan fingerprint density at radius 1 is 1.27 bits per heavy atom. The van der Waals surface area contributed by atoms with Crippen molar-refractivity contribution in [1.29, 1.82) is 0 Å². The van der Waals surface area contributed by atoms with Gasteiger partial charge in [-0.15, -0.1) is 0 Å². The van der Waals surface area contributed by atoms with Gasteiger partial charge in [0.05, 0.1) is 18.8 Å². The number of anilines is 1. The number of fused-ring (bicyclic) bond motifs is 1. The maximum Gasteiger partial charge on any atom is 0.318 e. The second-order valence-electron chi connectivity index (χ2n) is 5.38. The Kier molecular flexibility index (Phi) is 4.18. The summed E-state index contributed by atoms with van der Waals surface area (Å²) >= 11 is 0. The largest absolute Gasteiger partial charge is 0.368 e. The van der Waals surface area contributed by atoms with Crippen LogP contribution in [0.4, 0.5) is 10.7 Å². The molecule has 2 heterocycles. The van der Waals surface area contributed by atoms with E-state index in [1.54, 1.807) is 11.1 Å². The quantitative estimate of drug-likeness (QED) is 0.842. The summed E-state index contributed by atoms with van der Waals surface area (Å²) in [4.78, 5) is 22.0. The number of carbonyl (C=O) groups is 1. The molecule has 1 aromatic heterocycles. The van der Waals surface area contributed by atoms with E-state index in [4.69, 9.17) is 5.73 Å². The molecule has 1 aromatic carbocycles. The number of hydrogen-bond acceptors (Lipinski definition) is 4. The number of carbonyl (C=O) groups excluding carboxylic acids is 1.